The Morgan fingerprint density at radius 3 is 2.81 bits per heavy atom. The Morgan fingerprint density at radius 1 is 1.50 bits per heavy atom. The Balaban J connectivity index is 2.17. The first-order valence-corrected chi connectivity index (χ1v) is 6.59. The lowest BCUT2D eigenvalue weighted by Gasteiger charge is -2.12. The van der Waals surface area contributed by atoms with Crippen molar-refractivity contribution in [1.29, 1.82) is 0 Å². The average Bonchev–Trinajstić information content (AvgIpc) is 2.61. The molecule has 0 N–H and O–H groups in total. The molecule has 92 valence electrons. The Labute approximate surface area is 100 Å². The Morgan fingerprint density at radius 2 is 2.25 bits per heavy atom. The van der Waals surface area contributed by atoms with Crippen molar-refractivity contribution in [2.75, 3.05) is 19.0 Å². The zero-order chi connectivity index (χ0) is 12.0. The highest BCUT2D eigenvalue weighted by Crippen LogP contribution is 2.26. The first kappa shape index (κ1) is 13.5. The van der Waals surface area contributed by atoms with Crippen LogP contribution in [-0.2, 0) is 19.1 Å². The van der Waals surface area contributed by atoms with Gasteiger partial charge in [-0.25, -0.2) is 0 Å². The average molecular weight is 246 g/mol. The van der Waals surface area contributed by atoms with E-state index in [-0.39, 0.29) is 18.3 Å². The van der Waals surface area contributed by atoms with Crippen LogP contribution in [0, 0.1) is 0 Å². The molecule has 0 radical (unpaired) electrons. The predicted octanol–water partition coefficient (Wildman–Crippen LogP) is 1.42. The van der Waals surface area contributed by atoms with E-state index in [1.165, 1.54) is 0 Å². The van der Waals surface area contributed by atoms with Gasteiger partial charge in [-0.1, -0.05) is 0 Å². The topological polar surface area (TPSA) is 52.6 Å². The lowest BCUT2D eigenvalue weighted by Crippen LogP contribution is -2.18. The third-order valence-corrected chi connectivity index (χ3v) is 3.95. The molecule has 0 aromatic heterocycles. The van der Waals surface area contributed by atoms with Crippen LogP contribution in [0.2, 0.25) is 0 Å². The Hall–Kier alpha value is -0.550. The molecule has 0 amide bonds. The van der Waals surface area contributed by atoms with Gasteiger partial charge in [0, 0.05) is 11.9 Å². The van der Waals surface area contributed by atoms with Gasteiger partial charge in [0.2, 0.25) is 0 Å². The highest BCUT2D eigenvalue weighted by molar-refractivity contribution is 8.00. The fraction of sp³-hybridized carbons (Fsp3) is 0.818. The highest BCUT2D eigenvalue weighted by atomic mass is 32.2. The SMILES string of the molecule is CCOC(=O)CC(=O)CSC1CCOC1C. The molecule has 1 fully saturated rings. The van der Waals surface area contributed by atoms with Crippen molar-refractivity contribution < 1.29 is 19.1 Å². The number of Topliss-reactive ketones (excluding diaryl/α,β-unsaturated/α-hetero) is 1. The summed E-state index contributed by atoms with van der Waals surface area (Å²) in [6.45, 7) is 4.84. The molecule has 0 bridgehead atoms. The summed E-state index contributed by atoms with van der Waals surface area (Å²) in [7, 11) is 0. The van der Waals surface area contributed by atoms with Gasteiger partial charge < -0.3 is 9.47 Å². The van der Waals surface area contributed by atoms with E-state index >= 15 is 0 Å². The number of ether oxygens (including phenoxy) is 2. The third-order valence-electron chi connectivity index (χ3n) is 2.41. The maximum absolute atomic E-state index is 11.4. The van der Waals surface area contributed by atoms with Gasteiger partial charge in [-0.15, -0.1) is 11.8 Å². The van der Waals surface area contributed by atoms with Crippen LogP contribution in [0.5, 0.6) is 0 Å². The second-order valence-electron chi connectivity index (χ2n) is 3.73. The van der Waals surface area contributed by atoms with E-state index in [4.69, 9.17) is 9.47 Å². The zero-order valence-electron chi connectivity index (χ0n) is 9.73. The minimum atomic E-state index is -0.427. The summed E-state index contributed by atoms with van der Waals surface area (Å²) in [5, 5.41) is 0.381. The van der Waals surface area contributed by atoms with E-state index in [1.807, 2.05) is 6.92 Å². The van der Waals surface area contributed by atoms with Crippen LogP contribution < -0.4 is 0 Å². The molecule has 2 atom stereocenters. The maximum atomic E-state index is 11.4. The monoisotopic (exact) mass is 246 g/mol. The van der Waals surface area contributed by atoms with Crippen LogP contribution in [-0.4, -0.2) is 42.1 Å². The molecule has 16 heavy (non-hydrogen) atoms. The van der Waals surface area contributed by atoms with Gasteiger partial charge in [-0.05, 0) is 20.3 Å². The van der Waals surface area contributed by atoms with Crippen molar-refractivity contribution >= 4 is 23.5 Å². The zero-order valence-corrected chi connectivity index (χ0v) is 10.5. The highest BCUT2D eigenvalue weighted by Gasteiger charge is 2.25. The minimum absolute atomic E-state index is 0.0671. The lowest BCUT2D eigenvalue weighted by molar-refractivity contribution is -0.145. The van der Waals surface area contributed by atoms with Gasteiger partial charge in [0.25, 0.3) is 0 Å². The third kappa shape index (κ3) is 4.53. The largest absolute Gasteiger partial charge is 0.466 e. The van der Waals surface area contributed by atoms with Gasteiger partial charge in [-0.2, -0.15) is 0 Å². The van der Waals surface area contributed by atoms with E-state index in [0.29, 0.717) is 17.6 Å². The van der Waals surface area contributed by atoms with Crippen LogP contribution in [0.3, 0.4) is 0 Å². The second-order valence-corrected chi connectivity index (χ2v) is 4.96. The second kappa shape index (κ2) is 6.91. The van der Waals surface area contributed by atoms with Crippen LogP contribution in [0.15, 0.2) is 0 Å². The molecular formula is C11H18O4S. The van der Waals surface area contributed by atoms with Crippen molar-refractivity contribution in [2.24, 2.45) is 0 Å². The Kier molecular flexibility index (Phi) is 5.84. The molecule has 2 unspecified atom stereocenters. The molecule has 1 aliphatic rings. The fourth-order valence-electron chi connectivity index (χ4n) is 1.55. The number of rotatable bonds is 6. The molecule has 5 heteroatoms. The smallest absolute Gasteiger partial charge is 0.313 e. The summed E-state index contributed by atoms with van der Waals surface area (Å²) in [5.41, 5.74) is 0. The number of thioether (sulfide) groups is 1. The van der Waals surface area contributed by atoms with Gasteiger partial charge in [0.05, 0.1) is 18.5 Å². The van der Waals surface area contributed by atoms with Gasteiger partial charge in [0.15, 0.2) is 5.78 Å². The van der Waals surface area contributed by atoms with Gasteiger partial charge in [0.1, 0.15) is 6.42 Å². The molecule has 0 spiro atoms. The predicted molar refractivity (Wildman–Crippen MR) is 62.5 cm³/mol. The normalized spacial score (nSPS) is 24.4. The minimum Gasteiger partial charge on any atom is -0.466 e. The number of carbonyl (C=O) groups is 2. The molecule has 1 rings (SSSR count). The van der Waals surface area contributed by atoms with Crippen molar-refractivity contribution in [2.45, 2.75) is 38.0 Å². The summed E-state index contributed by atoms with van der Waals surface area (Å²) in [4.78, 5) is 22.5. The van der Waals surface area contributed by atoms with Gasteiger partial charge >= 0.3 is 5.97 Å². The molecule has 4 nitrogen and oxygen atoms in total. The number of carbonyl (C=O) groups excluding carboxylic acids is 2. The summed E-state index contributed by atoms with van der Waals surface area (Å²) in [6.07, 6.45) is 1.09. The van der Waals surface area contributed by atoms with Gasteiger partial charge in [-0.3, -0.25) is 9.59 Å². The number of esters is 1. The van der Waals surface area contributed by atoms with Crippen LogP contribution in [0.4, 0.5) is 0 Å². The number of ketones is 1. The molecule has 0 aromatic carbocycles. The van der Waals surface area contributed by atoms with Crippen LogP contribution in [0.1, 0.15) is 26.7 Å². The molecule has 0 aliphatic carbocycles. The van der Waals surface area contributed by atoms with E-state index < -0.39 is 5.97 Å². The standard InChI is InChI=1S/C11H18O4S/c1-3-14-11(13)6-9(12)7-16-10-4-5-15-8(10)2/h8,10H,3-7H2,1-2H3. The summed E-state index contributed by atoms with van der Waals surface area (Å²) < 4.78 is 10.1. The van der Waals surface area contributed by atoms with E-state index in [2.05, 4.69) is 0 Å². The van der Waals surface area contributed by atoms with E-state index in [9.17, 15) is 9.59 Å². The first-order valence-electron chi connectivity index (χ1n) is 5.54. The molecule has 0 aromatic rings. The van der Waals surface area contributed by atoms with Crippen molar-refractivity contribution in [3.05, 3.63) is 0 Å². The van der Waals surface area contributed by atoms with Crippen molar-refractivity contribution in [3.8, 4) is 0 Å². The molecule has 1 saturated heterocycles. The maximum Gasteiger partial charge on any atom is 0.313 e. The summed E-state index contributed by atoms with van der Waals surface area (Å²) in [6, 6.07) is 0. The van der Waals surface area contributed by atoms with E-state index in [1.54, 1.807) is 18.7 Å². The lowest BCUT2D eigenvalue weighted by atomic mass is 10.3. The van der Waals surface area contributed by atoms with Crippen molar-refractivity contribution in [1.82, 2.24) is 0 Å². The fourth-order valence-corrected chi connectivity index (χ4v) is 2.67. The summed E-state index contributed by atoms with van der Waals surface area (Å²) >= 11 is 1.58. The number of hydrogen-bond acceptors (Lipinski definition) is 5. The Bertz CT molecular complexity index is 254. The van der Waals surface area contributed by atoms with Crippen LogP contribution >= 0.6 is 11.8 Å². The first-order chi connectivity index (χ1) is 7.63. The molecule has 1 aliphatic heterocycles. The number of hydrogen-bond donors (Lipinski definition) is 0. The van der Waals surface area contributed by atoms with Crippen molar-refractivity contribution in [3.63, 3.8) is 0 Å². The molecule has 1 heterocycles. The summed E-state index contributed by atoms with van der Waals surface area (Å²) in [5.74, 6) is -0.122. The quantitative estimate of drug-likeness (QED) is 0.524. The molecular weight excluding hydrogens is 228 g/mol. The van der Waals surface area contributed by atoms with E-state index in [0.717, 1.165) is 13.0 Å². The molecule has 0 saturated carbocycles. The van der Waals surface area contributed by atoms with Crippen LogP contribution in [0.25, 0.3) is 0 Å².